The zero-order valence-electron chi connectivity index (χ0n) is 13.5. The van der Waals surface area contributed by atoms with Crippen molar-refractivity contribution in [2.45, 2.75) is 38.6 Å². The molecular formula is C18H22N4O. The fourth-order valence-electron chi connectivity index (χ4n) is 3.85. The summed E-state index contributed by atoms with van der Waals surface area (Å²) < 4.78 is 1.95. The summed E-state index contributed by atoms with van der Waals surface area (Å²) in [5, 5.41) is 3.48. The lowest BCUT2D eigenvalue weighted by atomic mass is 9.84. The second-order valence-corrected chi connectivity index (χ2v) is 6.74. The van der Waals surface area contributed by atoms with Crippen LogP contribution in [0.5, 0.6) is 0 Å². The van der Waals surface area contributed by atoms with Crippen molar-refractivity contribution in [3.8, 4) is 11.4 Å². The van der Waals surface area contributed by atoms with E-state index in [9.17, 15) is 4.79 Å². The fraction of sp³-hybridized carbons (Fsp3) is 0.500. The minimum atomic E-state index is 0.0790. The molecule has 1 saturated heterocycles. The van der Waals surface area contributed by atoms with E-state index < -0.39 is 0 Å². The third-order valence-corrected chi connectivity index (χ3v) is 4.96. The Labute approximate surface area is 135 Å². The first-order valence-electron chi connectivity index (χ1n) is 8.51. The Morgan fingerprint density at radius 1 is 1.26 bits per heavy atom. The maximum absolute atomic E-state index is 12.5. The van der Waals surface area contributed by atoms with Gasteiger partial charge in [-0.15, -0.1) is 0 Å². The molecule has 2 atom stereocenters. The van der Waals surface area contributed by atoms with Gasteiger partial charge in [-0.3, -0.25) is 4.79 Å². The van der Waals surface area contributed by atoms with Crippen LogP contribution in [0.25, 0.3) is 11.4 Å². The molecule has 5 heteroatoms. The van der Waals surface area contributed by atoms with E-state index in [1.807, 2.05) is 17.0 Å². The predicted octanol–water partition coefficient (Wildman–Crippen LogP) is 1.96. The maximum atomic E-state index is 12.5. The van der Waals surface area contributed by atoms with Gasteiger partial charge in [-0.2, -0.15) is 0 Å². The summed E-state index contributed by atoms with van der Waals surface area (Å²) in [6, 6.07) is 3.80. The average Bonchev–Trinajstić information content (AvgIpc) is 2.57. The van der Waals surface area contributed by atoms with Gasteiger partial charge >= 0.3 is 0 Å². The topological polar surface area (TPSA) is 59.8 Å². The van der Waals surface area contributed by atoms with Crippen molar-refractivity contribution in [1.29, 1.82) is 0 Å². The number of rotatable bonds is 3. The molecule has 2 aromatic heterocycles. The molecule has 0 amide bonds. The van der Waals surface area contributed by atoms with E-state index in [0.717, 1.165) is 49.3 Å². The van der Waals surface area contributed by atoms with E-state index in [1.165, 1.54) is 6.42 Å². The molecule has 2 aliphatic heterocycles. The van der Waals surface area contributed by atoms with Gasteiger partial charge in [-0.05, 0) is 36.9 Å². The van der Waals surface area contributed by atoms with Crippen LogP contribution in [-0.2, 0) is 13.0 Å². The van der Waals surface area contributed by atoms with Gasteiger partial charge in [0.05, 0.1) is 0 Å². The lowest BCUT2D eigenvalue weighted by Crippen LogP contribution is -2.44. The average molecular weight is 310 g/mol. The summed E-state index contributed by atoms with van der Waals surface area (Å²) in [4.78, 5) is 21.5. The number of fused-ring (bicyclic) bond motifs is 4. The first-order chi connectivity index (χ1) is 11.2. The first-order valence-corrected chi connectivity index (χ1v) is 8.51. The van der Waals surface area contributed by atoms with Crippen LogP contribution in [-0.4, -0.2) is 27.6 Å². The van der Waals surface area contributed by atoms with Crippen LogP contribution in [0.15, 0.2) is 29.3 Å². The lowest BCUT2D eigenvalue weighted by molar-refractivity contribution is 0.257. The normalized spacial score (nSPS) is 22.7. The van der Waals surface area contributed by atoms with E-state index in [2.05, 4.69) is 28.3 Å². The molecule has 0 spiro atoms. The van der Waals surface area contributed by atoms with E-state index in [0.29, 0.717) is 17.7 Å². The van der Waals surface area contributed by atoms with Gasteiger partial charge in [0.2, 0.25) is 0 Å². The highest BCUT2D eigenvalue weighted by Gasteiger charge is 2.31. The Morgan fingerprint density at radius 3 is 2.87 bits per heavy atom. The van der Waals surface area contributed by atoms with Crippen molar-refractivity contribution in [2.24, 2.45) is 5.92 Å². The highest BCUT2D eigenvalue weighted by Crippen LogP contribution is 2.33. The van der Waals surface area contributed by atoms with Crippen LogP contribution >= 0.6 is 0 Å². The quantitative estimate of drug-likeness (QED) is 0.941. The number of aromatic nitrogens is 3. The van der Waals surface area contributed by atoms with E-state index >= 15 is 0 Å². The SMILES string of the molecule is CCCc1cnc(-c2cc3n(c(=O)c2)C[C@@H]2CNC[C@H]3C2)nc1. The van der Waals surface area contributed by atoms with Crippen LogP contribution < -0.4 is 10.9 Å². The zero-order valence-corrected chi connectivity index (χ0v) is 13.5. The Kier molecular flexibility index (Phi) is 3.73. The van der Waals surface area contributed by atoms with Crippen LogP contribution in [0.4, 0.5) is 0 Å². The largest absolute Gasteiger partial charge is 0.316 e. The Balaban J connectivity index is 1.73. The summed E-state index contributed by atoms with van der Waals surface area (Å²) in [6.45, 7) is 4.94. The molecule has 0 aromatic carbocycles. The van der Waals surface area contributed by atoms with Gasteiger partial charge < -0.3 is 9.88 Å². The third kappa shape index (κ3) is 2.70. The fourth-order valence-corrected chi connectivity index (χ4v) is 3.85. The van der Waals surface area contributed by atoms with Crippen molar-refractivity contribution >= 4 is 0 Å². The number of aryl methyl sites for hydroxylation is 1. The zero-order chi connectivity index (χ0) is 15.8. The van der Waals surface area contributed by atoms with Crippen molar-refractivity contribution in [3.63, 3.8) is 0 Å². The highest BCUT2D eigenvalue weighted by molar-refractivity contribution is 5.55. The summed E-state index contributed by atoms with van der Waals surface area (Å²) in [5.74, 6) is 1.65. The Bertz CT molecular complexity index is 766. The highest BCUT2D eigenvalue weighted by atomic mass is 16.1. The van der Waals surface area contributed by atoms with Gasteiger partial charge in [-0.1, -0.05) is 13.3 Å². The molecule has 1 fully saturated rings. The molecule has 0 saturated carbocycles. The van der Waals surface area contributed by atoms with Crippen LogP contribution in [0.3, 0.4) is 0 Å². The van der Waals surface area contributed by atoms with Crippen molar-refractivity contribution in [1.82, 2.24) is 19.9 Å². The van der Waals surface area contributed by atoms with Gasteiger partial charge in [0, 0.05) is 48.7 Å². The van der Waals surface area contributed by atoms with E-state index in [-0.39, 0.29) is 5.56 Å². The number of nitrogens with zero attached hydrogens (tertiary/aromatic N) is 3. The molecule has 5 nitrogen and oxygen atoms in total. The van der Waals surface area contributed by atoms with Crippen LogP contribution in [0.1, 0.15) is 36.9 Å². The number of piperidine rings is 1. The number of hydrogen-bond donors (Lipinski definition) is 1. The lowest BCUT2D eigenvalue weighted by Gasteiger charge is -2.37. The molecule has 1 N–H and O–H groups in total. The Hall–Kier alpha value is -2.01. The van der Waals surface area contributed by atoms with Crippen LogP contribution in [0, 0.1) is 5.92 Å². The summed E-state index contributed by atoms with van der Waals surface area (Å²) in [7, 11) is 0. The molecule has 4 heterocycles. The molecular weight excluding hydrogens is 288 g/mol. The van der Waals surface area contributed by atoms with Crippen LogP contribution in [0.2, 0.25) is 0 Å². The molecule has 2 bridgehead atoms. The second-order valence-electron chi connectivity index (χ2n) is 6.74. The number of hydrogen-bond acceptors (Lipinski definition) is 4. The summed E-state index contributed by atoms with van der Waals surface area (Å²) in [6.07, 6.45) is 7.00. The van der Waals surface area contributed by atoms with Crippen molar-refractivity contribution < 1.29 is 0 Å². The van der Waals surface area contributed by atoms with E-state index in [4.69, 9.17) is 0 Å². The van der Waals surface area contributed by atoms with Gasteiger partial charge in [-0.25, -0.2) is 9.97 Å². The summed E-state index contributed by atoms with van der Waals surface area (Å²) in [5.41, 5.74) is 3.20. The minimum Gasteiger partial charge on any atom is -0.316 e. The molecule has 0 aliphatic carbocycles. The first kappa shape index (κ1) is 14.6. The molecule has 120 valence electrons. The van der Waals surface area contributed by atoms with Gasteiger partial charge in [0.1, 0.15) is 0 Å². The minimum absolute atomic E-state index is 0.0790. The predicted molar refractivity (Wildman–Crippen MR) is 89.4 cm³/mol. The number of pyridine rings is 1. The molecule has 23 heavy (non-hydrogen) atoms. The standard InChI is InChI=1S/C18H22N4O/c1-2-3-12-8-20-18(21-9-12)14-5-16-15-4-13(7-19-10-15)11-22(16)17(23)6-14/h5-6,8-9,13,15,19H,2-4,7,10-11H2,1H3/t13-,15+/m0/s1. The molecule has 2 aliphatic rings. The van der Waals surface area contributed by atoms with Crippen molar-refractivity contribution in [2.75, 3.05) is 13.1 Å². The van der Waals surface area contributed by atoms with Gasteiger partial charge in [0.25, 0.3) is 5.56 Å². The number of nitrogens with one attached hydrogen (secondary N) is 1. The maximum Gasteiger partial charge on any atom is 0.251 e. The monoisotopic (exact) mass is 310 g/mol. The van der Waals surface area contributed by atoms with Crippen molar-refractivity contribution in [3.05, 3.63) is 46.1 Å². The third-order valence-electron chi connectivity index (χ3n) is 4.96. The second kappa shape index (κ2) is 5.89. The molecule has 4 rings (SSSR count). The van der Waals surface area contributed by atoms with E-state index in [1.54, 1.807) is 6.07 Å². The smallest absolute Gasteiger partial charge is 0.251 e. The van der Waals surface area contributed by atoms with Gasteiger partial charge in [0.15, 0.2) is 5.82 Å². The molecule has 2 aromatic rings. The summed E-state index contributed by atoms with van der Waals surface area (Å²) >= 11 is 0. The Morgan fingerprint density at radius 2 is 2.09 bits per heavy atom. The molecule has 0 radical (unpaired) electrons. The molecule has 0 unspecified atom stereocenters.